The number of H-pyrrole nitrogens is 2. The minimum Gasteiger partial charge on any atom is -0.444 e. The van der Waals surface area contributed by atoms with Crippen molar-refractivity contribution >= 4 is 34.3 Å². The zero-order valence-corrected chi connectivity index (χ0v) is 28.6. The average molecular weight is 649 g/mol. The molecule has 0 spiro atoms. The van der Waals surface area contributed by atoms with Gasteiger partial charge in [0.05, 0.1) is 34.2 Å². The van der Waals surface area contributed by atoms with Gasteiger partial charge in [-0.2, -0.15) is 0 Å². The van der Waals surface area contributed by atoms with Crippen molar-refractivity contribution in [1.82, 2.24) is 29.7 Å². The summed E-state index contributed by atoms with van der Waals surface area (Å²) in [5.74, 6) is 1.59. The minimum atomic E-state index is -0.542. The number of carbonyl (C=O) groups excluding carboxylic acids is 2. The van der Waals surface area contributed by atoms with E-state index in [1.54, 1.807) is 9.80 Å². The molecule has 2 atom stereocenters. The smallest absolute Gasteiger partial charge is 0.410 e. The van der Waals surface area contributed by atoms with Gasteiger partial charge in [0.15, 0.2) is 0 Å². The number of carbonyl (C=O) groups is 2. The number of likely N-dealkylation sites (tertiary alicyclic amines) is 2. The van der Waals surface area contributed by atoms with Gasteiger partial charge in [0.25, 0.3) is 0 Å². The molecule has 2 fully saturated rings. The Morgan fingerprint density at radius 3 is 1.38 bits per heavy atom. The van der Waals surface area contributed by atoms with Gasteiger partial charge in [-0.15, -0.1) is 0 Å². The second-order valence-corrected chi connectivity index (χ2v) is 14.9. The van der Waals surface area contributed by atoms with E-state index in [2.05, 4.69) is 58.5 Å². The minimum absolute atomic E-state index is 0.125. The summed E-state index contributed by atoms with van der Waals surface area (Å²) in [6.07, 6.45) is 2.95. The average Bonchev–Trinajstić information content (AvgIpc) is 3.83. The van der Waals surface area contributed by atoms with Crippen LogP contribution in [0.2, 0.25) is 0 Å². The molecule has 2 aliphatic rings. The Morgan fingerprint density at radius 2 is 1.00 bits per heavy atom. The van der Waals surface area contributed by atoms with Gasteiger partial charge < -0.3 is 19.4 Å². The van der Waals surface area contributed by atoms with Gasteiger partial charge >= 0.3 is 12.2 Å². The summed E-state index contributed by atoms with van der Waals surface area (Å²) in [7, 11) is 0. The van der Waals surface area contributed by atoms with Crippen LogP contribution in [0.3, 0.4) is 0 Å². The van der Waals surface area contributed by atoms with Crippen molar-refractivity contribution < 1.29 is 19.1 Å². The molecular weight excluding hydrogens is 604 g/mol. The van der Waals surface area contributed by atoms with Gasteiger partial charge in [-0.05, 0) is 114 Å². The molecule has 0 unspecified atom stereocenters. The van der Waals surface area contributed by atoms with Crippen molar-refractivity contribution in [3.8, 4) is 22.3 Å². The first-order valence-corrected chi connectivity index (χ1v) is 16.9. The van der Waals surface area contributed by atoms with Crippen LogP contribution >= 0.6 is 0 Å². The highest BCUT2D eigenvalue weighted by atomic mass is 16.6. The van der Waals surface area contributed by atoms with Crippen LogP contribution < -0.4 is 0 Å². The van der Waals surface area contributed by atoms with Crippen LogP contribution in [0.5, 0.6) is 0 Å². The lowest BCUT2D eigenvalue weighted by Crippen LogP contribution is -2.36. The first-order valence-electron chi connectivity index (χ1n) is 16.9. The summed E-state index contributed by atoms with van der Waals surface area (Å²) in [4.78, 5) is 46.0. The Hall–Kier alpha value is -4.86. The van der Waals surface area contributed by atoms with E-state index in [-0.39, 0.29) is 24.3 Å². The molecular formula is C38H44N6O4. The van der Waals surface area contributed by atoms with Crippen LogP contribution in [-0.2, 0) is 9.47 Å². The SMILES string of the molecule is CC(C)(C)OC(=O)N1CCC[C@@H]1c1nc2ccc(-c3ccc(-c4ccc5nc([C@H]6CCCN6C(=O)OC(C)(C)C)[nH]c5c4)cc3)cc2[nH]1. The number of hydrogen-bond donors (Lipinski definition) is 2. The summed E-state index contributed by atoms with van der Waals surface area (Å²) in [6.45, 7) is 12.7. The van der Waals surface area contributed by atoms with E-state index in [0.29, 0.717) is 13.1 Å². The third-order valence-corrected chi connectivity index (χ3v) is 8.94. The highest BCUT2D eigenvalue weighted by molar-refractivity contribution is 5.85. The Labute approximate surface area is 280 Å². The number of nitrogens with zero attached hydrogens (tertiary/aromatic N) is 4. The molecule has 2 aromatic heterocycles. The summed E-state index contributed by atoms with van der Waals surface area (Å²) in [6, 6.07) is 20.8. The van der Waals surface area contributed by atoms with Crippen molar-refractivity contribution in [3.05, 3.63) is 72.3 Å². The zero-order chi connectivity index (χ0) is 33.8. The van der Waals surface area contributed by atoms with E-state index in [0.717, 1.165) is 81.7 Å². The van der Waals surface area contributed by atoms with Gasteiger partial charge in [-0.1, -0.05) is 36.4 Å². The molecule has 10 nitrogen and oxygen atoms in total. The fourth-order valence-electron chi connectivity index (χ4n) is 6.77. The molecule has 3 aromatic carbocycles. The zero-order valence-electron chi connectivity index (χ0n) is 28.6. The van der Waals surface area contributed by atoms with Crippen LogP contribution in [-0.4, -0.2) is 66.2 Å². The molecule has 2 N–H and O–H groups in total. The van der Waals surface area contributed by atoms with Crippen LogP contribution in [0.1, 0.15) is 91.0 Å². The summed E-state index contributed by atoms with van der Waals surface area (Å²) in [5, 5.41) is 0. The molecule has 48 heavy (non-hydrogen) atoms. The number of fused-ring (bicyclic) bond motifs is 2. The fourth-order valence-corrected chi connectivity index (χ4v) is 6.77. The Balaban J connectivity index is 1.08. The third kappa shape index (κ3) is 6.48. The first kappa shape index (κ1) is 31.7. The van der Waals surface area contributed by atoms with Crippen molar-refractivity contribution in [2.75, 3.05) is 13.1 Å². The maximum Gasteiger partial charge on any atom is 0.410 e. The van der Waals surface area contributed by atoms with E-state index in [4.69, 9.17) is 19.4 Å². The van der Waals surface area contributed by atoms with Crippen molar-refractivity contribution in [1.29, 1.82) is 0 Å². The van der Waals surface area contributed by atoms with Gasteiger partial charge in [-0.3, -0.25) is 9.80 Å². The van der Waals surface area contributed by atoms with Gasteiger partial charge in [-0.25, -0.2) is 19.6 Å². The molecule has 2 amide bonds. The molecule has 0 bridgehead atoms. The number of imidazole rings is 2. The van der Waals surface area contributed by atoms with E-state index in [9.17, 15) is 9.59 Å². The second kappa shape index (κ2) is 12.0. The Kier molecular flexibility index (Phi) is 7.92. The molecule has 7 rings (SSSR count). The van der Waals surface area contributed by atoms with Gasteiger partial charge in [0.2, 0.25) is 0 Å². The fraction of sp³-hybridized carbons (Fsp3) is 0.421. The predicted octanol–water partition coefficient (Wildman–Crippen LogP) is 8.92. The quantitative estimate of drug-likeness (QED) is 0.201. The number of nitrogens with one attached hydrogen (secondary N) is 2. The van der Waals surface area contributed by atoms with Crippen molar-refractivity contribution in [3.63, 3.8) is 0 Å². The van der Waals surface area contributed by atoms with Gasteiger partial charge in [0.1, 0.15) is 22.9 Å². The second-order valence-electron chi connectivity index (χ2n) is 14.9. The largest absolute Gasteiger partial charge is 0.444 e. The highest BCUT2D eigenvalue weighted by Crippen LogP contribution is 2.36. The molecule has 2 aliphatic heterocycles. The maximum atomic E-state index is 12.9. The van der Waals surface area contributed by atoms with Crippen LogP contribution in [0.25, 0.3) is 44.3 Å². The number of aromatic amines is 2. The third-order valence-electron chi connectivity index (χ3n) is 8.94. The normalized spacial score (nSPS) is 18.6. The van der Waals surface area contributed by atoms with E-state index in [1.807, 2.05) is 53.7 Å². The predicted molar refractivity (Wildman–Crippen MR) is 186 cm³/mol. The molecule has 0 aliphatic carbocycles. The Bertz CT molecular complexity index is 1840. The summed E-state index contributed by atoms with van der Waals surface area (Å²) in [5.41, 5.74) is 6.91. The summed E-state index contributed by atoms with van der Waals surface area (Å²) < 4.78 is 11.3. The topological polar surface area (TPSA) is 116 Å². The molecule has 10 heteroatoms. The first-order chi connectivity index (χ1) is 22.8. The standard InChI is InChI=1S/C38H44N6O4/c1-37(2,3)47-35(45)43-19-7-9-31(43)33-39-27-17-15-25(21-29(27)41-33)23-11-13-24(14-12-23)26-16-18-28-30(22-26)42-34(40-28)32-10-8-20-44(32)36(46)48-38(4,5)6/h11-18,21-22,31-32H,7-10,19-20H2,1-6H3,(H,39,41)(H,40,42)/t31-,32-/m1/s1. The van der Waals surface area contributed by atoms with Crippen LogP contribution in [0, 0.1) is 0 Å². The lowest BCUT2D eigenvalue weighted by molar-refractivity contribution is 0.0208. The van der Waals surface area contributed by atoms with E-state index >= 15 is 0 Å². The molecule has 5 aromatic rings. The molecule has 250 valence electrons. The number of amides is 2. The number of hydrogen-bond acceptors (Lipinski definition) is 6. The Morgan fingerprint density at radius 1 is 0.625 bits per heavy atom. The lowest BCUT2D eigenvalue weighted by Gasteiger charge is -2.27. The van der Waals surface area contributed by atoms with Crippen LogP contribution in [0.4, 0.5) is 9.59 Å². The monoisotopic (exact) mass is 648 g/mol. The van der Waals surface area contributed by atoms with Gasteiger partial charge in [0, 0.05) is 13.1 Å². The number of aromatic nitrogens is 4. The van der Waals surface area contributed by atoms with Crippen LogP contribution in [0.15, 0.2) is 60.7 Å². The van der Waals surface area contributed by atoms with E-state index in [1.165, 1.54) is 0 Å². The summed E-state index contributed by atoms with van der Waals surface area (Å²) >= 11 is 0. The molecule has 0 radical (unpaired) electrons. The number of rotatable bonds is 4. The molecule has 2 saturated heterocycles. The van der Waals surface area contributed by atoms with Crippen molar-refractivity contribution in [2.45, 2.75) is 90.5 Å². The number of benzene rings is 3. The number of ether oxygens (including phenoxy) is 2. The van der Waals surface area contributed by atoms with Crippen molar-refractivity contribution in [2.24, 2.45) is 0 Å². The highest BCUT2D eigenvalue weighted by Gasteiger charge is 2.36. The van der Waals surface area contributed by atoms with E-state index < -0.39 is 11.2 Å². The molecule has 4 heterocycles. The lowest BCUT2D eigenvalue weighted by atomic mass is 10.00. The maximum absolute atomic E-state index is 12.9. The molecule has 0 saturated carbocycles.